The van der Waals surface area contributed by atoms with Crippen molar-refractivity contribution in [2.75, 3.05) is 47.4 Å². The summed E-state index contributed by atoms with van der Waals surface area (Å²) in [7, 11) is 0. The van der Waals surface area contributed by atoms with E-state index in [4.69, 9.17) is 14.7 Å². The molecule has 0 bridgehead atoms. The first-order valence-electron chi connectivity index (χ1n) is 18.2. The van der Waals surface area contributed by atoms with Gasteiger partial charge in [0.25, 0.3) is 0 Å². The summed E-state index contributed by atoms with van der Waals surface area (Å²) in [5.41, 5.74) is 7.55. The van der Waals surface area contributed by atoms with Crippen molar-refractivity contribution in [3.05, 3.63) is 58.7 Å². The summed E-state index contributed by atoms with van der Waals surface area (Å²) in [5, 5.41) is 10.6. The topological polar surface area (TPSA) is 94.9 Å². The van der Waals surface area contributed by atoms with Gasteiger partial charge in [0.1, 0.15) is 18.0 Å². The predicted octanol–water partition coefficient (Wildman–Crippen LogP) is 7.77. The van der Waals surface area contributed by atoms with E-state index in [0.717, 1.165) is 92.7 Å². The van der Waals surface area contributed by atoms with Gasteiger partial charge in [-0.25, -0.2) is 14.8 Å². The fourth-order valence-corrected chi connectivity index (χ4v) is 8.19. The molecule has 3 atom stereocenters. The third-order valence-electron chi connectivity index (χ3n) is 10.6. The van der Waals surface area contributed by atoms with Gasteiger partial charge in [0.05, 0.1) is 11.3 Å². The monoisotopic (exact) mass is 668 g/mol. The van der Waals surface area contributed by atoms with E-state index in [1.165, 1.54) is 17.5 Å². The minimum absolute atomic E-state index is 0.245. The Hall–Kier alpha value is -3.72. The minimum atomic E-state index is -1.13. The Morgan fingerprint density at radius 2 is 1.57 bits per heavy atom. The molecular formula is C40H56N6O3. The van der Waals surface area contributed by atoms with Gasteiger partial charge in [-0.05, 0) is 94.2 Å². The van der Waals surface area contributed by atoms with Gasteiger partial charge >= 0.3 is 5.97 Å². The summed E-state index contributed by atoms with van der Waals surface area (Å²) in [6, 6.07) is 8.92. The Bertz CT molecular complexity index is 1680. The van der Waals surface area contributed by atoms with Crippen LogP contribution in [-0.4, -0.2) is 64.4 Å². The number of pyridine rings is 1. The van der Waals surface area contributed by atoms with E-state index >= 15 is 0 Å². The van der Waals surface area contributed by atoms with E-state index in [-0.39, 0.29) is 5.41 Å². The standard InChI is InChI=1S/C40H56N6O3/c1-25-18-26(2)22-46(21-25)33-20-32(41-24-42-33)45-15-12-29-19-30(10-11-31(29)23-45)34-27(3)43-28(4)35(37(38(47)48)49-39(5,6)7)36(34)44-16-13-40(8,9)14-17-44/h10-11,19-20,24-26,37H,12-18,21-23H2,1-9H3,(H,47,48)/t25?,26?,37-/m0/s1. The van der Waals surface area contributed by atoms with Crippen LogP contribution in [-0.2, 0) is 22.5 Å². The maximum Gasteiger partial charge on any atom is 0.337 e. The zero-order chi connectivity index (χ0) is 35.2. The van der Waals surface area contributed by atoms with Crippen molar-refractivity contribution < 1.29 is 14.6 Å². The number of hydrogen-bond acceptors (Lipinski definition) is 8. The van der Waals surface area contributed by atoms with E-state index in [1.807, 2.05) is 27.7 Å². The van der Waals surface area contributed by atoms with Gasteiger partial charge in [0.2, 0.25) is 0 Å². The van der Waals surface area contributed by atoms with Gasteiger partial charge in [0.15, 0.2) is 6.10 Å². The van der Waals surface area contributed by atoms with Crippen molar-refractivity contribution in [3.63, 3.8) is 0 Å². The number of carboxylic acids is 1. The largest absolute Gasteiger partial charge is 0.479 e. The maximum absolute atomic E-state index is 12.9. The number of rotatable bonds is 7. The lowest BCUT2D eigenvalue weighted by atomic mass is 9.81. The number of piperidine rings is 2. The highest BCUT2D eigenvalue weighted by atomic mass is 16.5. The van der Waals surface area contributed by atoms with Crippen LogP contribution in [0.25, 0.3) is 11.1 Å². The number of aryl methyl sites for hydroxylation is 2. The van der Waals surface area contributed by atoms with E-state index in [2.05, 4.69) is 78.6 Å². The number of hydrogen-bond donors (Lipinski definition) is 1. The molecule has 3 aromatic rings. The molecule has 0 saturated carbocycles. The molecular weight excluding hydrogens is 612 g/mol. The average Bonchev–Trinajstić information content (AvgIpc) is 3.02. The molecule has 3 aliphatic rings. The Kier molecular flexibility index (Phi) is 9.70. The number of nitrogens with zero attached hydrogens (tertiary/aromatic N) is 6. The van der Waals surface area contributed by atoms with Gasteiger partial charge in [0, 0.05) is 67.8 Å². The first-order valence-corrected chi connectivity index (χ1v) is 18.2. The van der Waals surface area contributed by atoms with Crippen molar-refractivity contribution in [1.82, 2.24) is 15.0 Å². The molecule has 264 valence electrons. The number of aromatic nitrogens is 3. The summed E-state index contributed by atoms with van der Waals surface area (Å²) in [4.78, 5) is 34.4. The first kappa shape index (κ1) is 35.1. The van der Waals surface area contributed by atoms with E-state index in [9.17, 15) is 9.90 Å². The van der Waals surface area contributed by atoms with E-state index < -0.39 is 17.7 Å². The lowest BCUT2D eigenvalue weighted by Gasteiger charge is -2.41. The van der Waals surface area contributed by atoms with E-state index in [0.29, 0.717) is 23.1 Å². The fraction of sp³-hybridized carbons (Fsp3) is 0.600. The molecule has 0 spiro atoms. The quantitative estimate of drug-likeness (QED) is 0.271. The highest BCUT2D eigenvalue weighted by Gasteiger charge is 2.37. The molecule has 49 heavy (non-hydrogen) atoms. The van der Waals surface area contributed by atoms with E-state index in [1.54, 1.807) is 6.33 Å². The summed E-state index contributed by atoms with van der Waals surface area (Å²) in [6.07, 6.45) is 4.81. The molecule has 9 heteroatoms. The second kappa shape index (κ2) is 13.5. The van der Waals surface area contributed by atoms with Crippen LogP contribution in [0.5, 0.6) is 0 Å². The molecule has 0 amide bonds. The number of anilines is 3. The molecule has 2 saturated heterocycles. The lowest BCUT2D eigenvalue weighted by Crippen LogP contribution is -2.39. The molecule has 2 unspecified atom stereocenters. The molecule has 1 N–H and O–H groups in total. The minimum Gasteiger partial charge on any atom is -0.479 e. The number of ether oxygens (including phenoxy) is 1. The summed E-state index contributed by atoms with van der Waals surface area (Å²) in [5.74, 6) is 2.32. The van der Waals surface area contributed by atoms with Gasteiger partial charge in [-0.1, -0.05) is 45.9 Å². The van der Waals surface area contributed by atoms with Crippen LogP contribution in [0, 0.1) is 31.1 Å². The van der Waals surface area contributed by atoms with Crippen LogP contribution in [0.4, 0.5) is 17.3 Å². The van der Waals surface area contributed by atoms with Crippen molar-refractivity contribution in [3.8, 4) is 11.1 Å². The first-order chi connectivity index (χ1) is 23.1. The summed E-state index contributed by atoms with van der Waals surface area (Å²) >= 11 is 0. The highest BCUT2D eigenvalue weighted by Crippen LogP contribution is 2.45. The molecule has 3 aliphatic heterocycles. The Morgan fingerprint density at radius 3 is 2.20 bits per heavy atom. The number of fused-ring (bicyclic) bond motifs is 1. The normalized spacial score (nSPS) is 21.8. The Balaban J connectivity index is 1.36. The molecule has 2 fully saturated rings. The van der Waals surface area contributed by atoms with Gasteiger partial charge in [-0.3, -0.25) is 4.98 Å². The second-order valence-corrected chi connectivity index (χ2v) is 16.8. The number of carbonyl (C=O) groups is 1. The summed E-state index contributed by atoms with van der Waals surface area (Å²) < 4.78 is 6.29. The van der Waals surface area contributed by atoms with Gasteiger partial charge in [-0.2, -0.15) is 0 Å². The highest BCUT2D eigenvalue weighted by molar-refractivity contribution is 5.88. The average molecular weight is 669 g/mol. The van der Waals surface area contributed by atoms with Crippen molar-refractivity contribution in [1.29, 1.82) is 0 Å². The smallest absolute Gasteiger partial charge is 0.337 e. The second-order valence-electron chi connectivity index (χ2n) is 16.8. The Labute approximate surface area is 293 Å². The zero-order valence-electron chi connectivity index (χ0n) is 31.1. The van der Waals surface area contributed by atoms with Crippen LogP contribution in [0.1, 0.15) is 102 Å². The van der Waals surface area contributed by atoms with Crippen LogP contribution in [0.15, 0.2) is 30.6 Å². The number of carboxylic acid groups (broad SMARTS) is 1. The maximum atomic E-state index is 12.9. The molecule has 0 radical (unpaired) electrons. The van der Waals surface area contributed by atoms with Crippen molar-refractivity contribution in [2.24, 2.45) is 17.3 Å². The Morgan fingerprint density at radius 1 is 0.918 bits per heavy atom. The van der Waals surface area contributed by atoms with Crippen LogP contribution in [0.3, 0.4) is 0 Å². The number of benzene rings is 1. The van der Waals surface area contributed by atoms with Crippen LogP contribution >= 0.6 is 0 Å². The van der Waals surface area contributed by atoms with Gasteiger partial charge < -0.3 is 24.5 Å². The van der Waals surface area contributed by atoms with Crippen molar-refractivity contribution in [2.45, 2.75) is 106 Å². The molecule has 9 nitrogen and oxygen atoms in total. The summed E-state index contributed by atoms with van der Waals surface area (Å²) in [6.45, 7) is 24.4. The molecule has 1 aromatic carbocycles. The fourth-order valence-electron chi connectivity index (χ4n) is 8.19. The predicted molar refractivity (Wildman–Crippen MR) is 198 cm³/mol. The molecule has 5 heterocycles. The van der Waals surface area contributed by atoms with Crippen molar-refractivity contribution >= 4 is 23.3 Å². The molecule has 2 aromatic heterocycles. The zero-order valence-corrected chi connectivity index (χ0v) is 31.1. The van der Waals surface area contributed by atoms with Crippen LogP contribution < -0.4 is 14.7 Å². The van der Waals surface area contributed by atoms with Crippen LogP contribution in [0.2, 0.25) is 0 Å². The lowest BCUT2D eigenvalue weighted by molar-refractivity contribution is -0.160. The number of aliphatic carboxylic acids is 1. The SMILES string of the molecule is Cc1nc(C)c([C@H](OC(C)(C)C)C(=O)O)c(N2CCC(C)(C)CC2)c1-c1ccc2c(c1)CCN(c1cc(N3CC(C)CC(C)C3)ncn1)C2. The third kappa shape index (κ3) is 7.72. The molecule has 0 aliphatic carbocycles. The third-order valence-corrected chi connectivity index (χ3v) is 10.6. The molecule has 6 rings (SSSR count). The van der Waals surface area contributed by atoms with Gasteiger partial charge in [-0.15, -0.1) is 0 Å².